The van der Waals surface area contributed by atoms with Crippen LogP contribution in [0.2, 0.25) is 0 Å². The fraction of sp³-hybridized carbons (Fsp3) is 0.435. The van der Waals surface area contributed by atoms with Gasteiger partial charge in [-0.2, -0.15) is 0 Å². The SMILES string of the molecule is COC(=O)c1ccc2c3ncccc3n(C3CCCN(C(=O)OC(C)(C)C)C3)c2c1. The van der Waals surface area contributed by atoms with Gasteiger partial charge in [0, 0.05) is 24.7 Å². The van der Waals surface area contributed by atoms with Crippen LogP contribution in [0.1, 0.15) is 50.0 Å². The molecule has 4 rings (SSSR count). The number of rotatable bonds is 2. The van der Waals surface area contributed by atoms with Gasteiger partial charge in [-0.15, -0.1) is 0 Å². The Kier molecular flexibility index (Phi) is 5.13. The lowest BCUT2D eigenvalue weighted by Gasteiger charge is -2.35. The fourth-order valence-electron chi connectivity index (χ4n) is 4.16. The highest BCUT2D eigenvalue weighted by Gasteiger charge is 2.30. The summed E-state index contributed by atoms with van der Waals surface area (Å²) in [5.41, 5.74) is 2.76. The Morgan fingerprint density at radius 2 is 1.97 bits per heavy atom. The molecule has 3 heterocycles. The first kappa shape index (κ1) is 20.2. The number of hydrogen-bond acceptors (Lipinski definition) is 5. The summed E-state index contributed by atoms with van der Waals surface area (Å²) < 4.78 is 12.7. The van der Waals surface area contributed by atoms with Gasteiger partial charge in [0.05, 0.1) is 35.3 Å². The highest BCUT2D eigenvalue weighted by atomic mass is 16.6. The van der Waals surface area contributed by atoms with Crippen molar-refractivity contribution in [1.29, 1.82) is 0 Å². The molecule has 1 saturated heterocycles. The molecule has 2 aromatic heterocycles. The van der Waals surface area contributed by atoms with E-state index in [2.05, 4.69) is 9.55 Å². The zero-order chi connectivity index (χ0) is 21.5. The molecule has 0 radical (unpaired) electrons. The van der Waals surface area contributed by atoms with Crippen molar-refractivity contribution in [2.75, 3.05) is 20.2 Å². The molecule has 0 N–H and O–H groups in total. The Morgan fingerprint density at radius 1 is 1.17 bits per heavy atom. The number of benzene rings is 1. The molecule has 158 valence electrons. The summed E-state index contributed by atoms with van der Waals surface area (Å²) in [6, 6.07) is 9.54. The van der Waals surface area contributed by atoms with E-state index < -0.39 is 5.60 Å². The molecule has 7 heteroatoms. The average Bonchev–Trinajstić information content (AvgIpc) is 3.05. The minimum Gasteiger partial charge on any atom is -0.465 e. The maximum atomic E-state index is 12.7. The number of fused-ring (bicyclic) bond motifs is 3. The first-order valence-corrected chi connectivity index (χ1v) is 10.2. The number of ether oxygens (including phenoxy) is 2. The van der Waals surface area contributed by atoms with Crippen LogP contribution in [0.3, 0.4) is 0 Å². The highest BCUT2D eigenvalue weighted by Crippen LogP contribution is 2.35. The van der Waals surface area contributed by atoms with Crippen LogP contribution in [-0.2, 0) is 9.47 Å². The summed E-state index contributed by atoms with van der Waals surface area (Å²) >= 11 is 0. The molecule has 0 saturated carbocycles. The van der Waals surface area contributed by atoms with E-state index in [0.717, 1.165) is 34.8 Å². The van der Waals surface area contributed by atoms with Crippen LogP contribution in [0, 0.1) is 0 Å². The van der Waals surface area contributed by atoms with Crippen molar-refractivity contribution in [1.82, 2.24) is 14.5 Å². The second-order valence-corrected chi connectivity index (χ2v) is 8.69. The first-order valence-electron chi connectivity index (χ1n) is 10.2. The van der Waals surface area contributed by atoms with Crippen LogP contribution in [0.15, 0.2) is 36.5 Å². The molecule has 0 spiro atoms. The molecule has 0 bridgehead atoms. The summed E-state index contributed by atoms with van der Waals surface area (Å²) in [5.74, 6) is -0.374. The van der Waals surface area contributed by atoms with Crippen molar-refractivity contribution < 1.29 is 19.1 Å². The monoisotopic (exact) mass is 409 g/mol. The third-order valence-corrected chi connectivity index (χ3v) is 5.39. The number of aromatic nitrogens is 2. The number of carbonyl (C=O) groups is 2. The van der Waals surface area contributed by atoms with E-state index in [0.29, 0.717) is 18.7 Å². The standard InChI is InChI=1S/C23H27N3O4/c1-23(2,3)30-22(28)25-12-6-7-16(14-25)26-18-8-5-11-24-20(18)17-10-9-15(13-19(17)26)21(27)29-4/h5,8-11,13,16H,6-7,12,14H2,1-4H3. The molecule has 1 aromatic carbocycles. The summed E-state index contributed by atoms with van der Waals surface area (Å²) in [4.78, 5) is 31.1. The van der Waals surface area contributed by atoms with Gasteiger partial charge in [-0.1, -0.05) is 0 Å². The first-order chi connectivity index (χ1) is 14.3. The molecule has 1 atom stereocenters. The van der Waals surface area contributed by atoms with Gasteiger partial charge >= 0.3 is 12.1 Å². The molecule has 1 fully saturated rings. The van der Waals surface area contributed by atoms with E-state index >= 15 is 0 Å². The van der Waals surface area contributed by atoms with Crippen LogP contribution < -0.4 is 0 Å². The molecule has 0 aliphatic carbocycles. The van der Waals surface area contributed by atoms with Crippen molar-refractivity contribution in [2.24, 2.45) is 0 Å². The normalized spacial score (nSPS) is 17.3. The zero-order valence-corrected chi connectivity index (χ0v) is 17.8. The number of esters is 1. The van der Waals surface area contributed by atoms with E-state index in [9.17, 15) is 9.59 Å². The maximum Gasteiger partial charge on any atom is 0.410 e. The number of pyridine rings is 1. The summed E-state index contributed by atoms with van der Waals surface area (Å²) in [7, 11) is 1.38. The number of likely N-dealkylation sites (tertiary alicyclic amines) is 1. The van der Waals surface area contributed by atoms with Gasteiger partial charge in [0.1, 0.15) is 5.60 Å². The van der Waals surface area contributed by atoms with Crippen molar-refractivity contribution in [2.45, 2.75) is 45.3 Å². The van der Waals surface area contributed by atoms with E-state index in [1.54, 1.807) is 17.2 Å². The summed E-state index contributed by atoms with van der Waals surface area (Å²) in [6.45, 7) is 6.84. The van der Waals surface area contributed by atoms with Crippen LogP contribution in [0.25, 0.3) is 21.9 Å². The van der Waals surface area contributed by atoms with Gasteiger partial charge in [0.25, 0.3) is 0 Å². The quantitative estimate of drug-likeness (QED) is 0.581. The highest BCUT2D eigenvalue weighted by molar-refractivity contribution is 6.07. The molecule has 1 aliphatic heterocycles. The van der Waals surface area contributed by atoms with Gasteiger partial charge < -0.3 is 18.9 Å². The summed E-state index contributed by atoms with van der Waals surface area (Å²) in [5, 5.41) is 0.979. The third-order valence-electron chi connectivity index (χ3n) is 5.39. The largest absolute Gasteiger partial charge is 0.465 e. The van der Waals surface area contributed by atoms with Crippen molar-refractivity contribution in [3.8, 4) is 0 Å². The molecule has 30 heavy (non-hydrogen) atoms. The predicted octanol–water partition coefficient (Wildman–Crippen LogP) is 4.55. The molecule has 1 amide bonds. The van der Waals surface area contributed by atoms with E-state index in [4.69, 9.17) is 9.47 Å². The Morgan fingerprint density at radius 3 is 2.70 bits per heavy atom. The Balaban J connectivity index is 1.78. The number of carbonyl (C=O) groups excluding carboxylic acids is 2. The van der Waals surface area contributed by atoms with Gasteiger partial charge in [-0.3, -0.25) is 4.98 Å². The van der Waals surface area contributed by atoms with Crippen molar-refractivity contribution in [3.63, 3.8) is 0 Å². The minimum absolute atomic E-state index is 0.0587. The summed E-state index contributed by atoms with van der Waals surface area (Å²) in [6.07, 6.45) is 3.28. The van der Waals surface area contributed by atoms with Crippen LogP contribution in [0.5, 0.6) is 0 Å². The lowest BCUT2D eigenvalue weighted by molar-refractivity contribution is 0.0176. The number of piperidine rings is 1. The molecule has 7 nitrogen and oxygen atoms in total. The zero-order valence-electron chi connectivity index (χ0n) is 17.8. The number of amides is 1. The Bertz CT molecular complexity index is 1110. The van der Waals surface area contributed by atoms with Crippen LogP contribution >= 0.6 is 0 Å². The van der Waals surface area contributed by atoms with Crippen molar-refractivity contribution in [3.05, 3.63) is 42.1 Å². The lowest BCUT2D eigenvalue weighted by atomic mass is 10.1. The van der Waals surface area contributed by atoms with Gasteiger partial charge in [-0.25, -0.2) is 9.59 Å². The second kappa shape index (κ2) is 7.63. The van der Waals surface area contributed by atoms with Gasteiger partial charge in [0.15, 0.2) is 0 Å². The molecule has 1 unspecified atom stereocenters. The van der Waals surface area contributed by atoms with Crippen LogP contribution in [-0.4, -0.2) is 52.3 Å². The Labute approximate surface area is 175 Å². The molecular weight excluding hydrogens is 382 g/mol. The van der Waals surface area contributed by atoms with E-state index in [1.165, 1.54) is 7.11 Å². The fourth-order valence-corrected chi connectivity index (χ4v) is 4.16. The van der Waals surface area contributed by atoms with Gasteiger partial charge in [-0.05, 0) is 63.9 Å². The average molecular weight is 409 g/mol. The second-order valence-electron chi connectivity index (χ2n) is 8.69. The van der Waals surface area contributed by atoms with Crippen molar-refractivity contribution >= 4 is 34.0 Å². The number of nitrogens with zero attached hydrogens (tertiary/aromatic N) is 3. The maximum absolute atomic E-state index is 12.7. The smallest absolute Gasteiger partial charge is 0.410 e. The minimum atomic E-state index is -0.532. The third kappa shape index (κ3) is 3.72. The lowest BCUT2D eigenvalue weighted by Crippen LogP contribution is -2.43. The predicted molar refractivity (Wildman–Crippen MR) is 115 cm³/mol. The van der Waals surface area contributed by atoms with E-state index in [1.807, 2.05) is 45.0 Å². The number of methoxy groups -OCH3 is 1. The Hall–Kier alpha value is -3.09. The molecule has 3 aromatic rings. The van der Waals surface area contributed by atoms with E-state index in [-0.39, 0.29) is 18.1 Å². The topological polar surface area (TPSA) is 73.7 Å². The van der Waals surface area contributed by atoms with Crippen LogP contribution in [0.4, 0.5) is 4.79 Å². The number of hydrogen-bond donors (Lipinski definition) is 0. The van der Waals surface area contributed by atoms with Gasteiger partial charge in [0.2, 0.25) is 0 Å². The molecule has 1 aliphatic rings. The molecular formula is C23H27N3O4.